The van der Waals surface area contributed by atoms with Gasteiger partial charge in [0.05, 0.1) is 0 Å². The van der Waals surface area contributed by atoms with E-state index in [0.29, 0.717) is 0 Å². The average Bonchev–Trinajstić information content (AvgIpc) is 2.48. The normalized spacial score (nSPS) is 17.4. The Morgan fingerprint density at radius 3 is 2.80 bits per heavy atom. The fourth-order valence-electron chi connectivity index (χ4n) is 2.86. The summed E-state index contributed by atoms with van der Waals surface area (Å²) in [5.41, 5.74) is 6.67. The number of aromatic nitrogens is 1. The molecule has 1 aromatic heterocycles. The highest BCUT2D eigenvalue weighted by Crippen LogP contribution is 2.20. The van der Waals surface area contributed by atoms with Crippen LogP contribution in [0.2, 0.25) is 0 Å². The van der Waals surface area contributed by atoms with E-state index in [1.165, 1.54) is 16.3 Å². The van der Waals surface area contributed by atoms with Crippen LogP contribution in [0.4, 0.5) is 0 Å². The molecule has 0 saturated carbocycles. The van der Waals surface area contributed by atoms with E-state index in [1.54, 1.807) is 0 Å². The first-order valence-corrected chi connectivity index (χ1v) is 7.07. The maximum Gasteiger partial charge on any atom is 0.220 e. The Bertz CT molecular complexity index is 618. The quantitative estimate of drug-likeness (QED) is 0.926. The molecule has 1 aliphatic heterocycles. The molecule has 1 fully saturated rings. The smallest absolute Gasteiger partial charge is 0.220 e. The summed E-state index contributed by atoms with van der Waals surface area (Å²) in [4.78, 5) is 17.7. The molecule has 20 heavy (non-hydrogen) atoms. The lowest BCUT2D eigenvalue weighted by molar-refractivity contribution is -0.123. The molecular formula is C16H19N3O. The first kappa shape index (κ1) is 13.1. The number of fused-ring (bicyclic) bond motifs is 1. The summed E-state index contributed by atoms with van der Waals surface area (Å²) >= 11 is 0. The number of pyridine rings is 1. The van der Waals surface area contributed by atoms with Gasteiger partial charge in [0.15, 0.2) is 0 Å². The van der Waals surface area contributed by atoms with Crippen LogP contribution < -0.4 is 5.73 Å². The maximum absolute atomic E-state index is 11.2. The largest absolute Gasteiger partial charge is 0.369 e. The minimum Gasteiger partial charge on any atom is -0.369 e. The molecule has 0 bridgehead atoms. The van der Waals surface area contributed by atoms with Crippen LogP contribution in [0.25, 0.3) is 10.8 Å². The number of carbonyl (C=O) groups excluding carboxylic acids is 1. The van der Waals surface area contributed by atoms with Crippen LogP contribution in [0.1, 0.15) is 18.4 Å². The van der Waals surface area contributed by atoms with Crippen molar-refractivity contribution in [2.75, 3.05) is 13.1 Å². The van der Waals surface area contributed by atoms with E-state index in [-0.39, 0.29) is 11.8 Å². The second-order valence-corrected chi connectivity index (χ2v) is 5.51. The Kier molecular flexibility index (Phi) is 3.65. The summed E-state index contributed by atoms with van der Waals surface area (Å²) < 4.78 is 0. The van der Waals surface area contributed by atoms with Crippen LogP contribution in [0, 0.1) is 5.92 Å². The monoisotopic (exact) mass is 269 g/mol. The molecule has 2 N–H and O–H groups in total. The van der Waals surface area contributed by atoms with Crippen molar-refractivity contribution in [3.05, 3.63) is 42.2 Å². The third-order valence-electron chi connectivity index (χ3n) is 4.10. The molecule has 2 aromatic rings. The van der Waals surface area contributed by atoms with E-state index in [2.05, 4.69) is 28.1 Å². The molecule has 0 spiro atoms. The highest BCUT2D eigenvalue weighted by Gasteiger charge is 2.22. The van der Waals surface area contributed by atoms with Gasteiger partial charge in [-0.25, -0.2) is 0 Å². The Morgan fingerprint density at radius 2 is 2.05 bits per heavy atom. The number of nitrogens with two attached hydrogens (primary N) is 1. The van der Waals surface area contributed by atoms with Crippen molar-refractivity contribution < 1.29 is 4.79 Å². The van der Waals surface area contributed by atoms with Gasteiger partial charge in [0, 0.05) is 30.2 Å². The number of hydrogen-bond donors (Lipinski definition) is 1. The number of primary amides is 1. The number of hydrogen-bond acceptors (Lipinski definition) is 3. The summed E-state index contributed by atoms with van der Waals surface area (Å²) in [6.07, 6.45) is 5.47. The zero-order valence-electron chi connectivity index (χ0n) is 11.5. The van der Waals surface area contributed by atoms with Gasteiger partial charge in [-0.3, -0.25) is 14.7 Å². The molecule has 4 heteroatoms. The van der Waals surface area contributed by atoms with Gasteiger partial charge in [-0.15, -0.1) is 0 Å². The van der Waals surface area contributed by atoms with Crippen LogP contribution in [0.15, 0.2) is 36.7 Å². The molecule has 0 aliphatic carbocycles. The lowest BCUT2D eigenvalue weighted by Gasteiger charge is -2.30. The van der Waals surface area contributed by atoms with Gasteiger partial charge in [-0.05, 0) is 49.0 Å². The first-order valence-electron chi connectivity index (χ1n) is 7.07. The van der Waals surface area contributed by atoms with Gasteiger partial charge in [0.1, 0.15) is 0 Å². The molecule has 4 nitrogen and oxygen atoms in total. The Morgan fingerprint density at radius 1 is 1.25 bits per heavy atom. The Hall–Kier alpha value is -1.94. The molecule has 3 rings (SSSR count). The summed E-state index contributed by atoms with van der Waals surface area (Å²) in [5, 5.41) is 2.40. The van der Waals surface area contributed by atoms with Crippen LogP contribution in [0.3, 0.4) is 0 Å². The minimum atomic E-state index is -0.150. The molecule has 0 unspecified atom stereocenters. The SMILES string of the molecule is NC(=O)C1CCN(Cc2ccc3cnccc3c2)CC1. The van der Waals surface area contributed by atoms with E-state index in [4.69, 9.17) is 5.73 Å². The summed E-state index contributed by atoms with van der Waals surface area (Å²) in [6, 6.07) is 8.54. The van der Waals surface area contributed by atoms with Crippen molar-refractivity contribution in [2.24, 2.45) is 11.7 Å². The second kappa shape index (κ2) is 5.59. The lowest BCUT2D eigenvalue weighted by atomic mass is 9.96. The molecule has 1 aromatic carbocycles. The van der Waals surface area contributed by atoms with Crippen molar-refractivity contribution >= 4 is 16.7 Å². The van der Waals surface area contributed by atoms with Crippen LogP contribution in [0.5, 0.6) is 0 Å². The van der Waals surface area contributed by atoms with E-state index in [1.807, 2.05) is 18.5 Å². The Labute approximate surface area is 118 Å². The van der Waals surface area contributed by atoms with Crippen molar-refractivity contribution in [2.45, 2.75) is 19.4 Å². The first-order chi connectivity index (χ1) is 9.72. The predicted octanol–water partition coefficient (Wildman–Crippen LogP) is 1.93. The van der Waals surface area contributed by atoms with Gasteiger partial charge < -0.3 is 5.73 Å². The van der Waals surface area contributed by atoms with E-state index in [9.17, 15) is 4.79 Å². The molecule has 1 saturated heterocycles. The number of carbonyl (C=O) groups is 1. The Balaban J connectivity index is 1.66. The number of rotatable bonds is 3. The predicted molar refractivity (Wildman–Crippen MR) is 78.9 cm³/mol. The highest BCUT2D eigenvalue weighted by atomic mass is 16.1. The van der Waals surface area contributed by atoms with E-state index >= 15 is 0 Å². The van der Waals surface area contributed by atoms with Gasteiger partial charge in [-0.1, -0.05) is 12.1 Å². The highest BCUT2D eigenvalue weighted by molar-refractivity contribution is 5.82. The van der Waals surface area contributed by atoms with Gasteiger partial charge in [0.2, 0.25) is 5.91 Å². The molecule has 104 valence electrons. The topological polar surface area (TPSA) is 59.2 Å². The van der Waals surface area contributed by atoms with Crippen LogP contribution >= 0.6 is 0 Å². The van der Waals surface area contributed by atoms with E-state index < -0.39 is 0 Å². The third-order valence-corrected chi connectivity index (χ3v) is 4.10. The number of benzene rings is 1. The summed E-state index contributed by atoms with van der Waals surface area (Å²) in [5.74, 6) is -0.0863. The van der Waals surface area contributed by atoms with Gasteiger partial charge in [-0.2, -0.15) is 0 Å². The lowest BCUT2D eigenvalue weighted by Crippen LogP contribution is -2.38. The molecule has 1 aliphatic rings. The third kappa shape index (κ3) is 2.80. The molecule has 2 heterocycles. The standard InChI is InChI=1S/C16H19N3O/c17-16(20)13-4-7-19(8-5-13)11-12-1-2-15-10-18-6-3-14(15)9-12/h1-3,6,9-10,13H,4-5,7-8,11H2,(H2,17,20). The molecule has 0 atom stereocenters. The van der Waals surface area contributed by atoms with Crippen molar-refractivity contribution in [3.8, 4) is 0 Å². The zero-order chi connectivity index (χ0) is 13.9. The number of amides is 1. The zero-order valence-corrected chi connectivity index (χ0v) is 11.5. The minimum absolute atomic E-state index is 0.0638. The van der Waals surface area contributed by atoms with Gasteiger partial charge >= 0.3 is 0 Å². The number of nitrogens with zero attached hydrogens (tertiary/aromatic N) is 2. The van der Waals surface area contributed by atoms with Crippen molar-refractivity contribution in [1.82, 2.24) is 9.88 Å². The number of likely N-dealkylation sites (tertiary alicyclic amines) is 1. The molecule has 1 amide bonds. The fourth-order valence-corrected chi connectivity index (χ4v) is 2.86. The van der Waals surface area contributed by atoms with E-state index in [0.717, 1.165) is 32.5 Å². The van der Waals surface area contributed by atoms with Crippen LogP contribution in [-0.2, 0) is 11.3 Å². The van der Waals surface area contributed by atoms with Crippen LogP contribution in [-0.4, -0.2) is 28.9 Å². The van der Waals surface area contributed by atoms with Crippen molar-refractivity contribution in [3.63, 3.8) is 0 Å². The summed E-state index contributed by atoms with van der Waals surface area (Å²) in [7, 11) is 0. The number of piperidine rings is 1. The van der Waals surface area contributed by atoms with Gasteiger partial charge in [0.25, 0.3) is 0 Å². The summed E-state index contributed by atoms with van der Waals surface area (Å²) in [6.45, 7) is 2.83. The molecule has 0 radical (unpaired) electrons. The van der Waals surface area contributed by atoms with Crippen molar-refractivity contribution in [1.29, 1.82) is 0 Å². The second-order valence-electron chi connectivity index (χ2n) is 5.51. The average molecular weight is 269 g/mol. The maximum atomic E-state index is 11.2. The molecular weight excluding hydrogens is 250 g/mol. The fraction of sp³-hybridized carbons (Fsp3) is 0.375.